The third-order valence-corrected chi connectivity index (χ3v) is 4.57. The lowest BCUT2D eigenvalue weighted by atomic mass is 10.4. The Balaban J connectivity index is 0.00000144. The van der Waals surface area contributed by atoms with Crippen molar-refractivity contribution in [2.45, 2.75) is 0 Å². The summed E-state index contributed by atoms with van der Waals surface area (Å²) >= 11 is 0. The van der Waals surface area contributed by atoms with Gasteiger partial charge < -0.3 is 38.8 Å². The van der Waals surface area contributed by atoms with E-state index in [4.69, 9.17) is 47.1 Å². The van der Waals surface area contributed by atoms with Gasteiger partial charge in [0.25, 0.3) is 0 Å². The molecule has 3 aliphatic heterocycles. The minimum absolute atomic E-state index is 0. The Bertz CT molecular complexity index is 324. The second-order valence-electron chi connectivity index (χ2n) is 6.89. The summed E-state index contributed by atoms with van der Waals surface area (Å²) in [6.07, 6.45) is 0. The molecule has 2 bridgehead atoms. The maximum atomic E-state index is 8.49. The first-order valence-electron chi connectivity index (χ1n) is 10.6. The Morgan fingerprint density at radius 3 is 1.00 bits per heavy atom. The molecule has 32 heavy (non-hydrogen) atoms. The van der Waals surface area contributed by atoms with Gasteiger partial charge in [-0.3, -0.25) is 4.90 Å². The first-order valence-corrected chi connectivity index (χ1v) is 11.8. The molecule has 0 aliphatic carbocycles. The average Bonchev–Trinajstić information content (AvgIpc) is 2.70. The van der Waals surface area contributed by atoms with Crippen LogP contribution in [0.2, 0.25) is 0 Å². The minimum Gasteiger partial charge on any atom is -0.412 e. The van der Waals surface area contributed by atoms with Crippen LogP contribution < -0.4 is 23.5 Å². The van der Waals surface area contributed by atoms with Crippen molar-refractivity contribution in [2.75, 3.05) is 119 Å². The first-order chi connectivity index (χ1) is 14.9. The number of rotatable bonds is 0. The highest BCUT2D eigenvalue weighted by atomic mass is 35.7. The lowest BCUT2D eigenvalue weighted by Gasteiger charge is -2.23. The van der Waals surface area contributed by atoms with E-state index in [9.17, 15) is 0 Å². The SMILES string of the molecule is C1COCC[NH+]2CCOCCOCCN(CCO1)CCOCCOCC2.O.[O-][Cl+3]([O-])([O-])[O-]. The lowest BCUT2D eigenvalue weighted by Crippen LogP contribution is -3.13. The van der Waals surface area contributed by atoms with Crippen molar-refractivity contribution in [1.29, 1.82) is 0 Å². The van der Waals surface area contributed by atoms with Crippen LogP contribution in [0.25, 0.3) is 0 Å². The topological polar surface area (TPSA) is 187 Å². The summed E-state index contributed by atoms with van der Waals surface area (Å²) in [4.78, 5) is 3.75. The molecule has 0 spiro atoms. The smallest absolute Gasteiger partial charge is 0.101 e. The van der Waals surface area contributed by atoms with Crippen molar-refractivity contribution >= 4 is 0 Å². The van der Waals surface area contributed by atoms with Gasteiger partial charge in [-0.05, 0) is 0 Å². The zero-order valence-electron chi connectivity index (χ0n) is 18.6. The first kappa shape index (κ1) is 31.8. The fourth-order valence-electron chi connectivity index (χ4n) is 2.91. The normalized spacial score (nSPS) is 26.6. The highest BCUT2D eigenvalue weighted by molar-refractivity contribution is 4.57. The van der Waals surface area contributed by atoms with Crippen molar-refractivity contribution in [2.24, 2.45) is 0 Å². The summed E-state index contributed by atoms with van der Waals surface area (Å²) in [5, 5.41) is 0. The fraction of sp³-hybridized carbons (Fsp3) is 1.00. The predicted molar refractivity (Wildman–Crippen MR) is 101 cm³/mol. The molecule has 14 heteroatoms. The summed E-state index contributed by atoms with van der Waals surface area (Å²) in [6, 6.07) is 0. The minimum atomic E-state index is -4.94. The summed E-state index contributed by atoms with van der Waals surface area (Å²) in [7, 11) is -4.94. The monoisotopic (exact) mass is 494 g/mol. The van der Waals surface area contributed by atoms with E-state index >= 15 is 0 Å². The second-order valence-corrected chi connectivity index (χ2v) is 7.65. The van der Waals surface area contributed by atoms with E-state index in [0.717, 1.165) is 59.1 Å². The molecule has 0 unspecified atom stereocenters. The molecule has 3 saturated heterocycles. The molecule has 194 valence electrons. The van der Waals surface area contributed by atoms with Gasteiger partial charge in [-0.15, -0.1) is 10.2 Å². The number of halogens is 1. The Morgan fingerprint density at radius 1 is 0.469 bits per heavy atom. The van der Waals surface area contributed by atoms with E-state index in [0.29, 0.717) is 59.5 Å². The second kappa shape index (κ2) is 21.3. The predicted octanol–water partition coefficient (Wildman–Crippen LogP) is -7.28. The molecule has 0 aromatic rings. The van der Waals surface area contributed by atoms with Crippen LogP contribution in [0.3, 0.4) is 0 Å². The molecule has 0 aromatic heterocycles. The van der Waals surface area contributed by atoms with Crippen LogP contribution in [0.5, 0.6) is 0 Å². The Hall–Kier alpha value is -0.230. The maximum Gasteiger partial charge on any atom is 0.101 e. The van der Waals surface area contributed by atoms with Crippen molar-refractivity contribution in [3.8, 4) is 0 Å². The van der Waals surface area contributed by atoms with Crippen LogP contribution in [0.15, 0.2) is 0 Å². The van der Waals surface area contributed by atoms with Crippen LogP contribution in [-0.2, 0) is 28.4 Å². The van der Waals surface area contributed by atoms with E-state index < -0.39 is 10.2 Å². The third-order valence-electron chi connectivity index (χ3n) is 4.57. The van der Waals surface area contributed by atoms with Crippen molar-refractivity contribution in [3.05, 3.63) is 0 Å². The highest BCUT2D eigenvalue weighted by Gasteiger charge is 2.10. The van der Waals surface area contributed by atoms with Gasteiger partial charge in [-0.25, -0.2) is 18.6 Å². The molecule has 13 nitrogen and oxygen atoms in total. The standard InChI is InChI=1S/C18H36N2O6.ClHO4.H2O/c1-7-21-13-14-24-10-4-20-5-11-25-17-15-22-8-2-19(1)3-9-23-16-18-26-12-6-20;2-1(3,4)5;/h1-18H2;(H,2,3,4,5);1H2. The van der Waals surface area contributed by atoms with Gasteiger partial charge in [-0.1, -0.05) is 0 Å². The molecule has 3 aliphatic rings. The lowest BCUT2D eigenvalue weighted by molar-refractivity contribution is -2.00. The zero-order valence-corrected chi connectivity index (χ0v) is 19.4. The molecular weight excluding hydrogens is 456 g/mol. The van der Waals surface area contributed by atoms with Crippen molar-refractivity contribution < 1.29 is 67.7 Å². The number of nitrogens with zero attached hydrogens (tertiary/aromatic N) is 1. The summed E-state index contributed by atoms with van der Waals surface area (Å²) < 4.78 is 68.3. The largest absolute Gasteiger partial charge is 0.412 e. The quantitative estimate of drug-likeness (QED) is 0.337. The van der Waals surface area contributed by atoms with Gasteiger partial charge in [0, 0.05) is 19.6 Å². The van der Waals surface area contributed by atoms with Gasteiger partial charge in [0.15, 0.2) is 0 Å². The number of nitrogens with one attached hydrogen (secondary N) is 1. The molecule has 0 aromatic carbocycles. The zero-order chi connectivity index (χ0) is 22.6. The molecular formula is C18H39ClN2O11. The summed E-state index contributed by atoms with van der Waals surface area (Å²) in [5.41, 5.74) is 0. The van der Waals surface area contributed by atoms with Crippen LogP contribution in [0, 0.1) is 10.2 Å². The van der Waals surface area contributed by atoms with Crippen molar-refractivity contribution in [3.63, 3.8) is 0 Å². The maximum absolute atomic E-state index is 8.49. The van der Waals surface area contributed by atoms with E-state index in [1.807, 2.05) is 0 Å². The van der Waals surface area contributed by atoms with Gasteiger partial charge in [0.05, 0.1) is 79.3 Å². The van der Waals surface area contributed by atoms with E-state index in [1.165, 1.54) is 4.90 Å². The van der Waals surface area contributed by atoms with Gasteiger partial charge in [0.2, 0.25) is 0 Å². The average molecular weight is 495 g/mol. The summed E-state index contributed by atoms with van der Waals surface area (Å²) in [5.74, 6) is 0. The van der Waals surface area contributed by atoms with Crippen molar-refractivity contribution in [1.82, 2.24) is 4.90 Å². The highest BCUT2D eigenvalue weighted by Crippen LogP contribution is 1.93. The van der Waals surface area contributed by atoms with Crippen LogP contribution in [-0.4, -0.2) is 129 Å². The fourth-order valence-corrected chi connectivity index (χ4v) is 2.91. The summed E-state index contributed by atoms with van der Waals surface area (Å²) in [6.45, 7) is 13.6. The number of quaternary nitrogens is 1. The van der Waals surface area contributed by atoms with E-state index in [-0.39, 0.29) is 5.48 Å². The molecule has 3 heterocycles. The number of hydrogen-bond donors (Lipinski definition) is 1. The molecule has 3 fully saturated rings. The molecule has 3 rings (SSSR count). The van der Waals surface area contributed by atoms with Gasteiger partial charge in [-0.2, -0.15) is 0 Å². The van der Waals surface area contributed by atoms with E-state index in [1.54, 1.807) is 0 Å². The number of hydrogen-bond acceptors (Lipinski definition) is 11. The Kier molecular flexibility index (Phi) is 21.2. The molecule has 0 amide bonds. The molecule has 0 saturated carbocycles. The Morgan fingerprint density at radius 2 is 0.719 bits per heavy atom. The number of fused-ring (bicyclic) bond motifs is 21. The molecule has 0 radical (unpaired) electrons. The van der Waals surface area contributed by atoms with Crippen LogP contribution in [0.4, 0.5) is 0 Å². The van der Waals surface area contributed by atoms with Crippen LogP contribution >= 0.6 is 0 Å². The van der Waals surface area contributed by atoms with Crippen LogP contribution in [0.1, 0.15) is 0 Å². The molecule has 3 N–H and O–H groups in total. The molecule has 0 atom stereocenters. The number of ether oxygens (including phenoxy) is 6. The van der Waals surface area contributed by atoms with E-state index in [2.05, 4.69) is 4.90 Å². The third kappa shape index (κ3) is 22.9. The van der Waals surface area contributed by atoms with Gasteiger partial charge >= 0.3 is 0 Å². The Labute approximate surface area is 191 Å². The van der Waals surface area contributed by atoms with Gasteiger partial charge in [0.1, 0.15) is 19.6 Å².